The largest absolute Gasteiger partial charge is 0.383 e. The second-order valence-electron chi connectivity index (χ2n) is 10.7. The van der Waals surface area contributed by atoms with Gasteiger partial charge in [-0.05, 0) is 57.0 Å². The molecule has 0 unspecified atom stereocenters. The fraction of sp³-hybridized carbons (Fsp3) is 0.571. The summed E-state index contributed by atoms with van der Waals surface area (Å²) in [6, 6.07) is 8.94. The molecule has 3 aliphatic rings. The number of nitrogens with zero attached hydrogens (tertiary/aromatic N) is 5. The van der Waals surface area contributed by atoms with Crippen molar-refractivity contribution in [3.8, 4) is 0 Å². The molecule has 3 fully saturated rings. The van der Waals surface area contributed by atoms with Gasteiger partial charge in [-0.25, -0.2) is 4.99 Å². The summed E-state index contributed by atoms with van der Waals surface area (Å²) in [7, 11) is 2.20. The Labute approximate surface area is 227 Å². The van der Waals surface area contributed by atoms with Crippen molar-refractivity contribution in [1.29, 1.82) is 0 Å². The number of rotatable bonds is 9. The Hall–Kier alpha value is -3.08. The number of nitrogens with one attached hydrogen (secondary N) is 1. The number of piperidine rings is 1. The Balaban J connectivity index is 1.38. The van der Waals surface area contributed by atoms with Gasteiger partial charge >= 0.3 is 0 Å². The molecule has 0 spiro atoms. The first-order valence-corrected chi connectivity index (χ1v) is 13.9. The Bertz CT molecular complexity index is 1030. The number of carbonyl (C=O) groups is 1. The molecule has 0 saturated carbocycles. The third-order valence-electron chi connectivity index (χ3n) is 8.04. The summed E-state index contributed by atoms with van der Waals surface area (Å²) in [6.07, 6.45) is 3.87. The fourth-order valence-corrected chi connectivity index (χ4v) is 5.59. The van der Waals surface area contributed by atoms with Gasteiger partial charge in [-0.15, -0.1) is 0 Å². The molecule has 7 N–H and O–H groups in total. The number of hydrogen-bond donors (Lipinski definition) is 4. The van der Waals surface area contributed by atoms with Crippen LogP contribution in [0, 0.1) is 0 Å². The van der Waals surface area contributed by atoms with Crippen LogP contribution in [-0.4, -0.2) is 97.8 Å². The first-order chi connectivity index (χ1) is 18.2. The van der Waals surface area contributed by atoms with Crippen LogP contribution in [-0.2, 0) is 4.79 Å². The van der Waals surface area contributed by atoms with Crippen LogP contribution in [0.3, 0.4) is 0 Å². The number of anilines is 2. The Morgan fingerprint density at radius 2 is 1.68 bits per heavy atom. The quantitative estimate of drug-likeness (QED) is 0.282. The predicted molar refractivity (Wildman–Crippen MR) is 156 cm³/mol. The van der Waals surface area contributed by atoms with Crippen molar-refractivity contribution in [2.75, 3.05) is 69.6 Å². The van der Waals surface area contributed by atoms with Crippen LogP contribution >= 0.6 is 0 Å². The van der Waals surface area contributed by atoms with Gasteiger partial charge < -0.3 is 37.2 Å². The molecule has 0 radical (unpaired) electrons. The van der Waals surface area contributed by atoms with Gasteiger partial charge in [-0.3, -0.25) is 9.69 Å². The number of allylic oxidation sites excluding steroid dienone is 1. The van der Waals surface area contributed by atoms with E-state index in [9.17, 15) is 4.79 Å². The highest BCUT2D eigenvalue weighted by atomic mass is 16.1. The fourth-order valence-electron chi connectivity index (χ4n) is 5.59. The third-order valence-corrected chi connectivity index (χ3v) is 8.04. The predicted octanol–water partition coefficient (Wildman–Crippen LogP) is 1.33. The van der Waals surface area contributed by atoms with E-state index in [1.54, 1.807) is 0 Å². The molecule has 1 aromatic carbocycles. The topological polar surface area (TPSA) is 132 Å². The molecule has 208 valence electrons. The number of likely N-dealkylation sites (N-methyl/N-ethyl adjacent to an activating group) is 1. The zero-order valence-electron chi connectivity index (χ0n) is 23.0. The minimum absolute atomic E-state index is 0.00144. The lowest BCUT2D eigenvalue weighted by Crippen LogP contribution is -2.52. The first-order valence-electron chi connectivity index (χ1n) is 13.9. The van der Waals surface area contributed by atoms with E-state index in [1.165, 1.54) is 31.6 Å². The van der Waals surface area contributed by atoms with Crippen molar-refractivity contribution >= 4 is 23.0 Å². The Morgan fingerprint density at radius 3 is 2.24 bits per heavy atom. The van der Waals surface area contributed by atoms with Crippen molar-refractivity contribution in [3.63, 3.8) is 0 Å². The van der Waals surface area contributed by atoms with Crippen molar-refractivity contribution in [2.45, 2.75) is 44.7 Å². The number of piperazine rings is 1. The van der Waals surface area contributed by atoms with Crippen LogP contribution in [0.25, 0.3) is 0 Å². The number of primary amides is 1. The summed E-state index contributed by atoms with van der Waals surface area (Å²) in [6.45, 7) is 14.5. The van der Waals surface area contributed by atoms with Crippen molar-refractivity contribution < 1.29 is 4.79 Å². The summed E-state index contributed by atoms with van der Waals surface area (Å²) >= 11 is 0. The first kappa shape index (κ1) is 27.9. The van der Waals surface area contributed by atoms with Crippen LogP contribution < -0.4 is 27.4 Å². The van der Waals surface area contributed by atoms with E-state index in [0.717, 1.165) is 57.1 Å². The standard InChI is InChI=1S/C28H45N9O/c1-4-25(20(2)37-12-9-21(29)19-37)33-26(28(31)38)27(30)32-22-5-7-23(8-6-22)35-13-10-24(11-14-35)36-17-15-34(3)16-18-36/h5-8,21,24,32H,2,4,9-19,29-30H2,1,3H3,(H2,31,38)/b27-26+,33-25?/t21-/m0/s1. The van der Waals surface area contributed by atoms with Gasteiger partial charge in [0.2, 0.25) is 0 Å². The molecule has 1 aromatic rings. The lowest BCUT2D eigenvalue weighted by Gasteiger charge is -2.42. The summed E-state index contributed by atoms with van der Waals surface area (Å²) in [5.41, 5.74) is 21.4. The zero-order valence-corrected chi connectivity index (χ0v) is 23.0. The molecule has 0 bridgehead atoms. The molecule has 10 heteroatoms. The van der Waals surface area contributed by atoms with E-state index in [-0.39, 0.29) is 17.6 Å². The molecule has 3 saturated heterocycles. The van der Waals surface area contributed by atoms with Crippen molar-refractivity contribution in [1.82, 2.24) is 14.7 Å². The molecule has 0 aromatic heterocycles. The normalized spacial score (nSPS) is 22.9. The van der Waals surface area contributed by atoms with Crippen LogP contribution in [0.15, 0.2) is 53.1 Å². The van der Waals surface area contributed by atoms with E-state index < -0.39 is 5.91 Å². The van der Waals surface area contributed by atoms with Gasteiger partial charge in [0.05, 0.1) is 11.4 Å². The highest BCUT2D eigenvalue weighted by Gasteiger charge is 2.27. The second-order valence-corrected chi connectivity index (χ2v) is 10.7. The maximum atomic E-state index is 12.3. The molecule has 1 atom stereocenters. The minimum atomic E-state index is -0.688. The van der Waals surface area contributed by atoms with E-state index in [0.29, 0.717) is 18.2 Å². The SMILES string of the molecule is C=C(C(CC)=N/C(C(N)=O)=C(\N)Nc1ccc(N2CCC(N3CCN(C)CC3)CC2)cc1)N1CC[C@H](N)C1. The number of likely N-dealkylation sites (tertiary alicyclic amines) is 1. The maximum Gasteiger partial charge on any atom is 0.271 e. The molecule has 0 aliphatic carbocycles. The molecular weight excluding hydrogens is 478 g/mol. The van der Waals surface area contributed by atoms with E-state index in [4.69, 9.17) is 17.2 Å². The van der Waals surface area contributed by atoms with Crippen molar-refractivity contribution in [2.24, 2.45) is 22.2 Å². The summed E-state index contributed by atoms with van der Waals surface area (Å²) in [4.78, 5) is 26.4. The number of benzene rings is 1. The average molecular weight is 524 g/mol. The summed E-state index contributed by atoms with van der Waals surface area (Å²) in [5.74, 6) is -0.568. The van der Waals surface area contributed by atoms with Gasteiger partial charge in [-0.2, -0.15) is 0 Å². The van der Waals surface area contributed by atoms with Gasteiger partial charge in [-0.1, -0.05) is 13.5 Å². The molecule has 1 amide bonds. The van der Waals surface area contributed by atoms with E-state index in [1.807, 2.05) is 19.1 Å². The monoisotopic (exact) mass is 523 g/mol. The molecule has 3 aliphatic heterocycles. The molecule has 4 rings (SSSR count). The maximum absolute atomic E-state index is 12.3. The average Bonchev–Trinajstić information content (AvgIpc) is 3.36. The molecule has 10 nitrogen and oxygen atoms in total. The van der Waals surface area contributed by atoms with Crippen LogP contribution in [0.1, 0.15) is 32.6 Å². The summed E-state index contributed by atoms with van der Waals surface area (Å²) < 4.78 is 0. The van der Waals surface area contributed by atoms with Gasteiger partial charge in [0.1, 0.15) is 5.82 Å². The minimum Gasteiger partial charge on any atom is -0.383 e. The number of amides is 1. The number of carbonyl (C=O) groups excluding carboxylic acids is 1. The van der Waals surface area contributed by atoms with Gasteiger partial charge in [0.25, 0.3) is 5.91 Å². The zero-order chi connectivity index (χ0) is 27.2. The van der Waals surface area contributed by atoms with Gasteiger partial charge in [0.15, 0.2) is 5.70 Å². The highest BCUT2D eigenvalue weighted by molar-refractivity contribution is 6.03. The van der Waals surface area contributed by atoms with E-state index in [2.05, 4.69) is 55.7 Å². The van der Waals surface area contributed by atoms with Crippen LogP contribution in [0.2, 0.25) is 0 Å². The molecule has 38 heavy (non-hydrogen) atoms. The lowest BCUT2D eigenvalue weighted by atomic mass is 10.0. The van der Waals surface area contributed by atoms with Gasteiger partial charge in [0, 0.05) is 75.8 Å². The number of nitrogens with two attached hydrogens (primary N) is 3. The Kier molecular flexibility index (Phi) is 9.30. The highest BCUT2D eigenvalue weighted by Crippen LogP contribution is 2.25. The second kappa shape index (κ2) is 12.6. The smallest absolute Gasteiger partial charge is 0.271 e. The Morgan fingerprint density at radius 1 is 1.03 bits per heavy atom. The number of aliphatic imine (C=N–C) groups is 1. The molecule has 3 heterocycles. The number of hydrogen-bond acceptors (Lipinski definition) is 9. The summed E-state index contributed by atoms with van der Waals surface area (Å²) in [5, 5.41) is 3.11. The van der Waals surface area contributed by atoms with Crippen LogP contribution in [0.5, 0.6) is 0 Å². The third kappa shape index (κ3) is 6.86. The lowest BCUT2D eigenvalue weighted by molar-refractivity contribution is -0.114. The van der Waals surface area contributed by atoms with Crippen molar-refractivity contribution in [3.05, 3.63) is 48.1 Å². The molecular formula is C28H45N9O. The van der Waals surface area contributed by atoms with E-state index >= 15 is 0 Å². The van der Waals surface area contributed by atoms with Crippen LogP contribution in [0.4, 0.5) is 11.4 Å².